The maximum atomic E-state index is 13.8. The molecule has 0 spiro atoms. The van der Waals surface area contributed by atoms with Gasteiger partial charge in [-0.2, -0.15) is 0 Å². The number of carbonyl (C=O) groups is 3. The predicted molar refractivity (Wildman–Crippen MR) is 139 cm³/mol. The minimum atomic E-state index is -4.18. The van der Waals surface area contributed by atoms with E-state index in [9.17, 15) is 22.8 Å². The van der Waals surface area contributed by atoms with Gasteiger partial charge in [-0.1, -0.05) is 72.3 Å². The Balaban J connectivity index is 1.70. The first kappa shape index (κ1) is 26.1. The van der Waals surface area contributed by atoms with Crippen LogP contribution in [0.1, 0.15) is 34.0 Å². The monoisotopic (exact) mass is 519 g/mol. The smallest absolute Gasteiger partial charge is 0.269 e. The molecule has 1 aliphatic rings. The van der Waals surface area contributed by atoms with Crippen LogP contribution in [0.4, 0.5) is 0 Å². The molecule has 0 unspecified atom stereocenters. The third kappa shape index (κ3) is 5.56. The summed E-state index contributed by atoms with van der Waals surface area (Å²) in [4.78, 5) is 41.2. The largest absolute Gasteiger partial charge is 0.355 e. The lowest BCUT2D eigenvalue weighted by Gasteiger charge is -2.32. The van der Waals surface area contributed by atoms with Crippen molar-refractivity contribution >= 4 is 27.7 Å². The second kappa shape index (κ2) is 11.0. The van der Waals surface area contributed by atoms with Crippen LogP contribution in [-0.4, -0.2) is 54.5 Å². The second-order valence-corrected chi connectivity index (χ2v) is 10.8. The van der Waals surface area contributed by atoms with Crippen LogP contribution in [0.15, 0.2) is 83.8 Å². The molecule has 3 aromatic carbocycles. The van der Waals surface area contributed by atoms with Crippen molar-refractivity contribution in [2.45, 2.75) is 37.8 Å². The van der Waals surface area contributed by atoms with Crippen molar-refractivity contribution in [3.05, 3.63) is 101 Å². The molecule has 8 nitrogen and oxygen atoms in total. The van der Waals surface area contributed by atoms with Gasteiger partial charge in [-0.05, 0) is 37.1 Å². The first-order valence-electron chi connectivity index (χ1n) is 12.0. The molecule has 0 aromatic heterocycles. The number of sulfonamides is 1. The molecule has 4 rings (SSSR count). The predicted octanol–water partition coefficient (Wildman–Crippen LogP) is 2.92. The van der Waals surface area contributed by atoms with Crippen LogP contribution in [0.5, 0.6) is 0 Å². The zero-order valence-corrected chi connectivity index (χ0v) is 21.6. The molecule has 0 bridgehead atoms. The first-order valence-corrected chi connectivity index (χ1v) is 13.5. The molecule has 1 N–H and O–H groups in total. The standard InChI is InChI=1S/C28H29N3O5S/c1-3-29-27(33)24(17-21-9-5-4-6-10-21)30(18-22-15-13-20(2)14-16-22)26(32)19-31-28(34)23-11-7-8-12-25(23)37(31,35)36/h4-16,24H,3,17-19H2,1-2H3,(H,29,33)/t24-/m1/s1. The highest BCUT2D eigenvalue weighted by molar-refractivity contribution is 7.90. The molecule has 3 aromatic rings. The minimum absolute atomic E-state index is 0.0324. The Morgan fingerprint density at radius 2 is 1.57 bits per heavy atom. The van der Waals surface area contributed by atoms with Crippen LogP contribution < -0.4 is 5.32 Å². The van der Waals surface area contributed by atoms with Gasteiger partial charge < -0.3 is 10.2 Å². The molecule has 9 heteroatoms. The zero-order valence-electron chi connectivity index (χ0n) is 20.8. The maximum absolute atomic E-state index is 13.8. The van der Waals surface area contributed by atoms with Crippen molar-refractivity contribution < 1.29 is 22.8 Å². The van der Waals surface area contributed by atoms with E-state index >= 15 is 0 Å². The van der Waals surface area contributed by atoms with Crippen LogP contribution in [-0.2, 0) is 32.6 Å². The van der Waals surface area contributed by atoms with E-state index in [2.05, 4.69) is 5.32 Å². The van der Waals surface area contributed by atoms with E-state index in [4.69, 9.17) is 0 Å². The first-order chi connectivity index (χ1) is 17.7. The van der Waals surface area contributed by atoms with Crippen molar-refractivity contribution in [1.82, 2.24) is 14.5 Å². The fourth-order valence-electron chi connectivity index (χ4n) is 4.34. The number of nitrogens with zero attached hydrogens (tertiary/aromatic N) is 2. The van der Waals surface area contributed by atoms with Gasteiger partial charge in [0.15, 0.2) is 0 Å². The lowest BCUT2D eigenvalue weighted by molar-refractivity contribution is -0.141. The van der Waals surface area contributed by atoms with Gasteiger partial charge >= 0.3 is 0 Å². The van der Waals surface area contributed by atoms with Gasteiger partial charge in [0.1, 0.15) is 17.5 Å². The summed E-state index contributed by atoms with van der Waals surface area (Å²) in [7, 11) is -4.18. The molecule has 0 radical (unpaired) electrons. The molecule has 0 aliphatic carbocycles. The maximum Gasteiger partial charge on any atom is 0.269 e. The third-order valence-electron chi connectivity index (χ3n) is 6.29. The van der Waals surface area contributed by atoms with Crippen LogP contribution in [0.25, 0.3) is 0 Å². The molecule has 3 amide bonds. The van der Waals surface area contributed by atoms with Gasteiger partial charge in [-0.15, -0.1) is 0 Å². The van der Waals surface area contributed by atoms with Crippen LogP contribution in [0.3, 0.4) is 0 Å². The molecule has 37 heavy (non-hydrogen) atoms. The molecule has 0 saturated carbocycles. The molecule has 1 heterocycles. The molecule has 0 saturated heterocycles. The normalized spacial score (nSPS) is 14.6. The van der Waals surface area contributed by atoms with E-state index in [1.807, 2.05) is 61.5 Å². The number of amides is 3. The number of carbonyl (C=O) groups excluding carboxylic acids is 3. The average Bonchev–Trinajstić information content (AvgIpc) is 3.08. The number of likely N-dealkylation sites (N-methyl/N-ethyl adjacent to an activating group) is 1. The lowest BCUT2D eigenvalue weighted by Crippen LogP contribution is -2.53. The number of hydrogen-bond donors (Lipinski definition) is 1. The summed E-state index contributed by atoms with van der Waals surface area (Å²) < 4.78 is 26.8. The highest BCUT2D eigenvalue weighted by Crippen LogP contribution is 2.30. The number of hydrogen-bond acceptors (Lipinski definition) is 5. The quantitative estimate of drug-likeness (QED) is 0.468. The summed E-state index contributed by atoms with van der Waals surface area (Å²) in [5.74, 6) is -1.75. The molecule has 1 aliphatic heterocycles. The Morgan fingerprint density at radius 3 is 2.22 bits per heavy atom. The number of aryl methyl sites for hydroxylation is 1. The van der Waals surface area contributed by atoms with E-state index in [0.717, 1.165) is 16.7 Å². The summed E-state index contributed by atoms with van der Waals surface area (Å²) in [6.45, 7) is 3.47. The highest BCUT2D eigenvalue weighted by atomic mass is 32.2. The van der Waals surface area contributed by atoms with Gasteiger partial charge in [-0.3, -0.25) is 14.4 Å². The zero-order chi connectivity index (χ0) is 26.6. The summed E-state index contributed by atoms with van der Waals surface area (Å²) in [5.41, 5.74) is 2.69. The summed E-state index contributed by atoms with van der Waals surface area (Å²) >= 11 is 0. The van der Waals surface area contributed by atoms with Crippen molar-refractivity contribution in [3.63, 3.8) is 0 Å². The average molecular weight is 520 g/mol. The van der Waals surface area contributed by atoms with Gasteiger partial charge in [0.25, 0.3) is 15.9 Å². The Kier molecular flexibility index (Phi) is 7.73. The van der Waals surface area contributed by atoms with E-state index < -0.39 is 34.4 Å². The molecular weight excluding hydrogens is 490 g/mol. The number of nitrogens with one attached hydrogen (secondary N) is 1. The van der Waals surface area contributed by atoms with E-state index in [1.54, 1.807) is 13.0 Å². The number of fused-ring (bicyclic) bond motifs is 1. The van der Waals surface area contributed by atoms with E-state index in [1.165, 1.54) is 23.1 Å². The summed E-state index contributed by atoms with van der Waals surface area (Å²) in [6, 6.07) is 21.8. The Hall–Kier alpha value is -3.98. The van der Waals surface area contributed by atoms with Crippen LogP contribution in [0.2, 0.25) is 0 Å². The Bertz CT molecular complexity index is 1410. The number of rotatable bonds is 9. The van der Waals surface area contributed by atoms with Gasteiger partial charge in [-0.25, -0.2) is 12.7 Å². The Labute approximate surface area is 217 Å². The van der Waals surface area contributed by atoms with Crippen molar-refractivity contribution in [3.8, 4) is 0 Å². The lowest BCUT2D eigenvalue weighted by atomic mass is 10.0. The third-order valence-corrected chi connectivity index (χ3v) is 8.07. The molecular formula is C28H29N3O5S. The van der Waals surface area contributed by atoms with Crippen LogP contribution in [0, 0.1) is 6.92 Å². The second-order valence-electron chi connectivity index (χ2n) is 8.92. The molecule has 0 fully saturated rings. The summed E-state index contributed by atoms with van der Waals surface area (Å²) in [6.07, 6.45) is 0.227. The summed E-state index contributed by atoms with van der Waals surface area (Å²) in [5, 5.41) is 2.80. The Morgan fingerprint density at radius 1 is 0.919 bits per heavy atom. The van der Waals surface area contributed by atoms with Crippen molar-refractivity contribution in [2.24, 2.45) is 0 Å². The highest BCUT2D eigenvalue weighted by Gasteiger charge is 2.43. The minimum Gasteiger partial charge on any atom is -0.355 e. The SMILES string of the molecule is CCNC(=O)[C@@H](Cc1ccccc1)N(Cc1ccc(C)cc1)C(=O)CN1C(=O)c2ccccc2S1(=O)=O. The van der Waals surface area contributed by atoms with Crippen LogP contribution >= 0.6 is 0 Å². The molecule has 1 atom stereocenters. The van der Waals surface area contributed by atoms with Gasteiger partial charge in [0.05, 0.1) is 5.56 Å². The topological polar surface area (TPSA) is 104 Å². The fraction of sp³-hybridized carbons (Fsp3) is 0.250. The van der Waals surface area contributed by atoms with E-state index in [-0.39, 0.29) is 29.3 Å². The van der Waals surface area contributed by atoms with Gasteiger partial charge in [0.2, 0.25) is 11.8 Å². The van der Waals surface area contributed by atoms with Gasteiger partial charge in [0, 0.05) is 19.5 Å². The number of benzene rings is 3. The molecule has 192 valence electrons. The van der Waals surface area contributed by atoms with Crippen molar-refractivity contribution in [2.75, 3.05) is 13.1 Å². The fourth-order valence-corrected chi connectivity index (χ4v) is 5.86. The van der Waals surface area contributed by atoms with E-state index in [0.29, 0.717) is 10.8 Å². The van der Waals surface area contributed by atoms with Crippen molar-refractivity contribution in [1.29, 1.82) is 0 Å².